The first-order valence-electron chi connectivity index (χ1n) is 9.78. The van der Waals surface area contributed by atoms with Crippen molar-refractivity contribution in [2.45, 2.75) is 31.6 Å². The number of carbonyl (C=O) groups is 1. The van der Waals surface area contributed by atoms with E-state index in [1.165, 1.54) is 0 Å². The van der Waals surface area contributed by atoms with Crippen molar-refractivity contribution < 1.29 is 13.2 Å². The molecule has 1 atom stereocenters. The Bertz CT molecular complexity index is 1140. The fourth-order valence-electron chi connectivity index (χ4n) is 3.37. The van der Waals surface area contributed by atoms with Crippen LogP contribution in [0.2, 0.25) is 0 Å². The third-order valence-electron chi connectivity index (χ3n) is 5.15. The summed E-state index contributed by atoms with van der Waals surface area (Å²) in [6.45, 7) is 1.82. The quantitative estimate of drug-likeness (QED) is 0.610. The number of sulfonamides is 1. The van der Waals surface area contributed by atoms with Crippen molar-refractivity contribution in [2.24, 2.45) is 5.92 Å². The van der Waals surface area contributed by atoms with Crippen LogP contribution in [0.15, 0.2) is 66.7 Å². The second kappa shape index (κ2) is 7.97. The Balaban J connectivity index is 1.40. The van der Waals surface area contributed by atoms with Crippen LogP contribution in [0, 0.1) is 5.92 Å². The minimum Gasteiger partial charge on any atom is -0.326 e. The lowest BCUT2D eigenvalue weighted by molar-refractivity contribution is -0.117. The highest BCUT2D eigenvalue weighted by atomic mass is 32.2. The molecule has 0 radical (unpaired) electrons. The van der Waals surface area contributed by atoms with Crippen LogP contribution < -0.4 is 10.0 Å². The molecule has 5 nitrogen and oxygen atoms in total. The van der Waals surface area contributed by atoms with Crippen molar-refractivity contribution in [3.63, 3.8) is 0 Å². The van der Waals surface area contributed by atoms with Crippen LogP contribution in [0.4, 0.5) is 5.69 Å². The third-order valence-corrected chi connectivity index (χ3v) is 6.58. The van der Waals surface area contributed by atoms with Gasteiger partial charge in [-0.25, -0.2) is 13.1 Å². The standard InChI is InChI=1S/C23H24N2O3S/c1-16(18-10-12-22(13-11-18)24-23(26)20-8-9-20)25-29(27,28)15-17-6-7-19-4-2-3-5-21(19)14-17/h2-7,10-14,16,20,25H,8-9,15H2,1H3,(H,24,26)/t16-/m0/s1. The van der Waals surface area contributed by atoms with Gasteiger partial charge < -0.3 is 5.32 Å². The summed E-state index contributed by atoms with van der Waals surface area (Å²) in [7, 11) is -3.50. The Morgan fingerprint density at radius 3 is 2.38 bits per heavy atom. The minimum absolute atomic E-state index is 0.0573. The summed E-state index contributed by atoms with van der Waals surface area (Å²) in [6, 6.07) is 20.5. The molecule has 1 fully saturated rings. The molecule has 1 aliphatic rings. The summed E-state index contributed by atoms with van der Waals surface area (Å²) in [5.41, 5.74) is 2.33. The molecule has 3 aromatic carbocycles. The van der Waals surface area contributed by atoms with Crippen molar-refractivity contribution in [3.8, 4) is 0 Å². The van der Waals surface area contributed by atoms with Gasteiger partial charge in [0.2, 0.25) is 15.9 Å². The third kappa shape index (κ3) is 5.02. The lowest BCUT2D eigenvalue weighted by atomic mass is 10.1. The van der Waals surface area contributed by atoms with E-state index >= 15 is 0 Å². The highest BCUT2D eigenvalue weighted by Crippen LogP contribution is 2.30. The predicted octanol–water partition coefficient (Wildman–Crippen LogP) is 4.37. The molecule has 0 bridgehead atoms. The van der Waals surface area contributed by atoms with E-state index in [0.717, 1.165) is 40.4 Å². The molecule has 2 N–H and O–H groups in total. The predicted molar refractivity (Wildman–Crippen MR) is 116 cm³/mol. The molecule has 0 spiro atoms. The van der Waals surface area contributed by atoms with Crippen molar-refractivity contribution in [2.75, 3.05) is 5.32 Å². The molecule has 150 valence electrons. The zero-order valence-corrected chi connectivity index (χ0v) is 17.1. The zero-order valence-electron chi connectivity index (χ0n) is 16.3. The molecule has 0 aliphatic heterocycles. The molecule has 1 saturated carbocycles. The maximum atomic E-state index is 12.6. The first-order valence-corrected chi connectivity index (χ1v) is 11.4. The Hall–Kier alpha value is -2.70. The average Bonchev–Trinajstić information content (AvgIpc) is 3.53. The molecule has 29 heavy (non-hydrogen) atoms. The van der Waals surface area contributed by atoms with Crippen LogP contribution in [-0.4, -0.2) is 14.3 Å². The molecular weight excluding hydrogens is 384 g/mol. The molecule has 1 amide bonds. The summed E-state index contributed by atoms with van der Waals surface area (Å²) >= 11 is 0. The van der Waals surface area contributed by atoms with E-state index < -0.39 is 10.0 Å². The van der Waals surface area contributed by atoms with Crippen molar-refractivity contribution in [1.29, 1.82) is 0 Å². The molecule has 1 aliphatic carbocycles. The molecule has 3 aromatic rings. The molecule has 0 saturated heterocycles. The number of amides is 1. The van der Waals surface area contributed by atoms with E-state index in [0.29, 0.717) is 0 Å². The number of carbonyl (C=O) groups excluding carboxylic acids is 1. The van der Waals surface area contributed by atoms with Crippen LogP contribution in [0.5, 0.6) is 0 Å². The van der Waals surface area contributed by atoms with E-state index in [1.807, 2.05) is 73.7 Å². The Labute approximate surface area is 171 Å². The first-order chi connectivity index (χ1) is 13.9. The summed E-state index contributed by atoms with van der Waals surface area (Å²) < 4.78 is 28.0. The van der Waals surface area contributed by atoms with Crippen LogP contribution >= 0.6 is 0 Å². The van der Waals surface area contributed by atoms with E-state index in [2.05, 4.69) is 10.0 Å². The fourth-order valence-corrected chi connectivity index (χ4v) is 4.75. The normalized spacial score (nSPS) is 15.2. The number of fused-ring (bicyclic) bond motifs is 1. The van der Waals surface area contributed by atoms with Crippen molar-refractivity contribution >= 4 is 32.4 Å². The number of rotatable bonds is 7. The Kier molecular flexibility index (Phi) is 5.39. The van der Waals surface area contributed by atoms with Gasteiger partial charge in [-0.2, -0.15) is 0 Å². The molecule has 4 rings (SSSR count). The van der Waals surface area contributed by atoms with Gasteiger partial charge in [0.1, 0.15) is 0 Å². The lowest BCUT2D eigenvalue weighted by Gasteiger charge is -2.15. The van der Waals surface area contributed by atoms with Crippen molar-refractivity contribution in [3.05, 3.63) is 77.9 Å². The topological polar surface area (TPSA) is 75.3 Å². The van der Waals surface area contributed by atoms with Gasteiger partial charge in [0, 0.05) is 17.6 Å². The lowest BCUT2D eigenvalue weighted by Crippen LogP contribution is -2.28. The number of benzene rings is 3. The van der Waals surface area contributed by atoms with Gasteiger partial charge in [0.25, 0.3) is 0 Å². The summed E-state index contributed by atoms with van der Waals surface area (Å²) in [5, 5.41) is 5.00. The maximum absolute atomic E-state index is 12.6. The molecule has 0 unspecified atom stereocenters. The highest BCUT2D eigenvalue weighted by molar-refractivity contribution is 7.88. The van der Waals surface area contributed by atoms with Crippen LogP contribution in [0.3, 0.4) is 0 Å². The van der Waals surface area contributed by atoms with Gasteiger partial charge >= 0.3 is 0 Å². The van der Waals surface area contributed by atoms with Crippen LogP contribution in [0.25, 0.3) is 10.8 Å². The molecule has 6 heteroatoms. The van der Waals surface area contributed by atoms with Gasteiger partial charge in [-0.1, -0.05) is 54.6 Å². The van der Waals surface area contributed by atoms with Gasteiger partial charge in [0.05, 0.1) is 5.75 Å². The number of hydrogen-bond donors (Lipinski definition) is 2. The van der Waals surface area contributed by atoms with Gasteiger partial charge in [-0.15, -0.1) is 0 Å². The monoisotopic (exact) mass is 408 g/mol. The summed E-state index contributed by atoms with van der Waals surface area (Å²) in [5.74, 6) is 0.134. The number of hydrogen-bond acceptors (Lipinski definition) is 3. The zero-order chi connectivity index (χ0) is 20.4. The number of nitrogens with one attached hydrogen (secondary N) is 2. The Morgan fingerprint density at radius 1 is 1.00 bits per heavy atom. The van der Waals surface area contributed by atoms with Gasteiger partial charge in [-0.3, -0.25) is 4.79 Å². The Morgan fingerprint density at radius 2 is 1.69 bits per heavy atom. The SMILES string of the molecule is C[C@H](NS(=O)(=O)Cc1ccc2ccccc2c1)c1ccc(NC(=O)C2CC2)cc1. The molecule has 0 aromatic heterocycles. The van der Waals surface area contributed by atoms with E-state index in [9.17, 15) is 13.2 Å². The average molecular weight is 409 g/mol. The minimum atomic E-state index is -3.50. The van der Waals surface area contributed by atoms with Gasteiger partial charge in [-0.05, 0) is 53.8 Å². The largest absolute Gasteiger partial charge is 0.326 e. The molecule has 0 heterocycles. The maximum Gasteiger partial charge on any atom is 0.227 e. The first kappa shape index (κ1) is 19.6. The van der Waals surface area contributed by atoms with Crippen LogP contribution in [-0.2, 0) is 20.6 Å². The van der Waals surface area contributed by atoms with Gasteiger partial charge in [0.15, 0.2) is 0 Å². The van der Waals surface area contributed by atoms with E-state index in [1.54, 1.807) is 0 Å². The second-order valence-electron chi connectivity index (χ2n) is 7.67. The van der Waals surface area contributed by atoms with E-state index in [4.69, 9.17) is 0 Å². The highest BCUT2D eigenvalue weighted by Gasteiger charge is 2.29. The van der Waals surface area contributed by atoms with Crippen molar-refractivity contribution in [1.82, 2.24) is 4.72 Å². The van der Waals surface area contributed by atoms with Crippen LogP contribution in [0.1, 0.15) is 36.9 Å². The fraction of sp³-hybridized carbons (Fsp3) is 0.261. The van der Waals surface area contributed by atoms with E-state index in [-0.39, 0.29) is 23.6 Å². The summed E-state index contributed by atoms with van der Waals surface area (Å²) in [6.07, 6.45) is 1.92. The smallest absolute Gasteiger partial charge is 0.227 e. The number of anilines is 1. The molecular formula is C23H24N2O3S. The second-order valence-corrected chi connectivity index (χ2v) is 9.42. The summed E-state index contributed by atoms with van der Waals surface area (Å²) in [4.78, 5) is 11.8.